The number of nitrogens with one attached hydrogen (secondary N) is 2. The molecule has 0 aromatic carbocycles. The van der Waals surface area contributed by atoms with Gasteiger partial charge in [-0.05, 0) is 44.5 Å². The molecule has 0 radical (unpaired) electrons. The van der Waals surface area contributed by atoms with Gasteiger partial charge in [-0.2, -0.15) is 5.10 Å². The van der Waals surface area contributed by atoms with Crippen molar-refractivity contribution in [2.24, 2.45) is 4.99 Å². The molecule has 9 nitrogen and oxygen atoms in total. The second-order valence-electron chi connectivity index (χ2n) is 6.45. The quantitative estimate of drug-likeness (QED) is 0.200. The number of aliphatic imine (C=N–C) groups is 1. The number of carbonyl (C=O) groups is 1. The minimum atomic E-state index is -0.334. The Balaban J connectivity index is 0.00000341. The molecule has 0 aliphatic rings. The number of pyridine rings is 1. The van der Waals surface area contributed by atoms with E-state index in [0.717, 1.165) is 16.4 Å². The highest BCUT2D eigenvalue weighted by atomic mass is 127. The fourth-order valence-corrected chi connectivity index (χ4v) is 3.70. The van der Waals surface area contributed by atoms with E-state index in [0.29, 0.717) is 29.7 Å². The van der Waals surface area contributed by atoms with Crippen LogP contribution in [0.15, 0.2) is 41.8 Å². The first-order valence-electron chi connectivity index (χ1n) is 9.58. The molecule has 0 saturated carbocycles. The monoisotopic (exact) mass is 555 g/mol. The Labute approximate surface area is 202 Å². The van der Waals surface area contributed by atoms with Crippen molar-refractivity contribution in [3.05, 3.63) is 57.9 Å². The van der Waals surface area contributed by atoms with Gasteiger partial charge in [-0.15, -0.1) is 35.3 Å². The summed E-state index contributed by atoms with van der Waals surface area (Å²) < 4.78 is 6.80. The number of ether oxygens (including phenoxy) is 1. The molecule has 31 heavy (non-hydrogen) atoms. The minimum Gasteiger partial charge on any atom is -0.462 e. The van der Waals surface area contributed by atoms with Crippen molar-refractivity contribution in [3.63, 3.8) is 0 Å². The van der Waals surface area contributed by atoms with Gasteiger partial charge in [0.15, 0.2) is 11.8 Å². The number of hydrogen-bond donors (Lipinski definition) is 2. The Morgan fingerprint density at radius 1 is 1.39 bits per heavy atom. The molecule has 3 rings (SSSR count). The third-order valence-electron chi connectivity index (χ3n) is 4.23. The first kappa shape index (κ1) is 24.7. The first-order chi connectivity index (χ1) is 14.5. The van der Waals surface area contributed by atoms with E-state index >= 15 is 0 Å². The molecule has 0 spiro atoms. The summed E-state index contributed by atoms with van der Waals surface area (Å²) in [6, 6.07) is 5.63. The van der Waals surface area contributed by atoms with Crippen molar-refractivity contribution in [1.82, 2.24) is 30.4 Å². The molecule has 0 aliphatic heterocycles. The average molecular weight is 555 g/mol. The predicted octanol–water partition coefficient (Wildman–Crippen LogP) is 3.25. The molecular formula is C20H26IN7O2S. The van der Waals surface area contributed by atoms with Crippen molar-refractivity contribution in [1.29, 1.82) is 0 Å². The fraction of sp³-hybridized carbons (Fsp3) is 0.350. The molecule has 2 N–H and O–H groups in total. The van der Waals surface area contributed by atoms with Crippen LogP contribution >= 0.6 is 35.3 Å². The standard InChI is InChI=1S/C20H25N7O2S.HI/c1-5-29-19(28)17-13(2)25-18(30-17)14(3)26-20(21-4)23-12-15-7-9-22-16(11-15)27-10-6-8-24-27;/h6-11,14H,5,12H2,1-4H3,(H2,21,23,26);1H. The van der Waals surface area contributed by atoms with Gasteiger partial charge in [0, 0.05) is 32.2 Å². The third kappa shape index (κ3) is 6.47. The van der Waals surface area contributed by atoms with Crippen molar-refractivity contribution < 1.29 is 9.53 Å². The summed E-state index contributed by atoms with van der Waals surface area (Å²) in [5.41, 5.74) is 1.72. The molecule has 0 saturated heterocycles. The maximum atomic E-state index is 12.0. The van der Waals surface area contributed by atoms with Gasteiger partial charge in [-0.1, -0.05) is 0 Å². The second kappa shape index (κ2) is 11.7. The number of carbonyl (C=O) groups excluding carboxylic acids is 1. The number of rotatable bonds is 7. The van der Waals surface area contributed by atoms with Crippen molar-refractivity contribution in [3.8, 4) is 5.82 Å². The maximum Gasteiger partial charge on any atom is 0.350 e. The summed E-state index contributed by atoms with van der Waals surface area (Å²) in [5, 5.41) is 11.6. The highest BCUT2D eigenvalue weighted by Crippen LogP contribution is 2.24. The van der Waals surface area contributed by atoms with Gasteiger partial charge in [0.05, 0.1) is 18.3 Å². The van der Waals surface area contributed by atoms with Gasteiger partial charge < -0.3 is 15.4 Å². The molecule has 3 aromatic heterocycles. The topological polar surface area (TPSA) is 106 Å². The Hall–Kier alpha value is -2.54. The van der Waals surface area contributed by atoms with E-state index in [1.165, 1.54) is 11.3 Å². The lowest BCUT2D eigenvalue weighted by atomic mass is 10.2. The minimum absolute atomic E-state index is 0. The normalized spacial score (nSPS) is 12.1. The summed E-state index contributed by atoms with van der Waals surface area (Å²) in [6.07, 6.45) is 5.32. The van der Waals surface area contributed by atoms with Crippen LogP contribution in [-0.2, 0) is 11.3 Å². The molecule has 0 fully saturated rings. The van der Waals surface area contributed by atoms with E-state index < -0.39 is 0 Å². The lowest BCUT2D eigenvalue weighted by Crippen LogP contribution is -2.38. The summed E-state index contributed by atoms with van der Waals surface area (Å²) >= 11 is 1.33. The Bertz CT molecular complexity index is 1020. The predicted molar refractivity (Wildman–Crippen MR) is 131 cm³/mol. The number of esters is 1. The van der Waals surface area contributed by atoms with Crippen LogP contribution in [0.4, 0.5) is 0 Å². The lowest BCUT2D eigenvalue weighted by Gasteiger charge is -2.16. The summed E-state index contributed by atoms with van der Waals surface area (Å²) in [5.74, 6) is 1.05. The molecule has 3 aromatic rings. The molecule has 3 heterocycles. The molecule has 11 heteroatoms. The number of hydrogen-bond acceptors (Lipinski definition) is 7. The summed E-state index contributed by atoms with van der Waals surface area (Å²) in [6.45, 7) is 6.48. The average Bonchev–Trinajstić information content (AvgIpc) is 3.41. The van der Waals surface area contributed by atoms with E-state index in [9.17, 15) is 4.79 Å². The van der Waals surface area contributed by atoms with Crippen LogP contribution in [0.5, 0.6) is 0 Å². The van der Waals surface area contributed by atoms with Gasteiger partial charge in [0.2, 0.25) is 0 Å². The Kier molecular flexibility index (Phi) is 9.37. The molecule has 0 amide bonds. The van der Waals surface area contributed by atoms with E-state index in [4.69, 9.17) is 4.74 Å². The molecular weight excluding hydrogens is 529 g/mol. The Morgan fingerprint density at radius 2 is 2.19 bits per heavy atom. The lowest BCUT2D eigenvalue weighted by molar-refractivity contribution is 0.0531. The van der Waals surface area contributed by atoms with Gasteiger partial charge in [-0.3, -0.25) is 4.99 Å². The number of guanidine groups is 1. The number of thiazole rings is 1. The van der Waals surface area contributed by atoms with Gasteiger partial charge in [0.1, 0.15) is 9.88 Å². The van der Waals surface area contributed by atoms with Crippen LogP contribution in [0.25, 0.3) is 5.82 Å². The number of nitrogens with zero attached hydrogens (tertiary/aromatic N) is 5. The molecule has 166 valence electrons. The number of aryl methyl sites for hydroxylation is 1. The van der Waals surface area contributed by atoms with Crippen LogP contribution < -0.4 is 10.6 Å². The second-order valence-corrected chi connectivity index (χ2v) is 7.48. The van der Waals surface area contributed by atoms with Crippen LogP contribution in [-0.4, -0.2) is 45.3 Å². The molecule has 1 atom stereocenters. The van der Waals surface area contributed by atoms with Gasteiger partial charge in [-0.25, -0.2) is 19.4 Å². The van der Waals surface area contributed by atoms with E-state index in [1.54, 1.807) is 31.0 Å². The number of halogens is 1. The van der Waals surface area contributed by atoms with Crippen molar-refractivity contribution in [2.45, 2.75) is 33.4 Å². The first-order valence-corrected chi connectivity index (χ1v) is 10.4. The van der Waals surface area contributed by atoms with Crippen LogP contribution in [0, 0.1) is 6.92 Å². The third-order valence-corrected chi connectivity index (χ3v) is 5.55. The van der Waals surface area contributed by atoms with E-state index in [2.05, 4.69) is 30.7 Å². The van der Waals surface area contributed by atoms with Crippen molar-refractivity contribution >= 4 is 47.2 Å². The Morgan fingerprint density at radius 3 is 2.87 bits per heavy atom. The zero-order valence-corrected chi connectivity index (χ0v) is 21.0. The smallest absolute Gasteiger partial charge is 0.350 e. The van der Waals surface area contributed by atoms with Gasteiger partial charge in [0.25, 0.3) is 0 Å². The highest BCUT2D eigenvalue weighted by Gasteiger charge is 2.20. The van der Waals surface area contributed by atoms with E-state index in [-0.39, 0.29) is 36.0 Å². The van der Waals surface area contributed by atoms with Crippen LogP contribution in [0.1, 0.15) is 45.8 Å². The maximum absolute atomic E-state index is 12.0. The van der Waals surface area contributed by atoms with Crippen LogP contribution in [0.3, 0.4) is 0 Å². The summed E-state index contributed by atoms with van der Waals surface area (Å²) in [4.78, 5) is 25.7. The molecule has 0 aliphatic carbocycles. The van der Waals surface area contributed by atoms with Crippen molar-refractivity contribution in [2.75, 3.05) is 13.7 Å². The SMILES string of the molecule is CCOC(=O)c1sc(C(C)NC(=NC)NCc2ccnc(-n3cccn3)c2)nc1C.I. The molecule has 1 unspecified atom stereocenters. The van der Waals surface area contributed by atoms with Crippen LogP contribution in [0.2, 0.25) is 0 Å². The highest BCUT2D eigenvalue weighted by molar-refractivity contribution is 14.0. The zero-order chi connectivity index (χ0) is 21.5. The fourth-order valence-electron chi connectivity index (χ4n) is 2.74. The number of aromatic nitrogens is 4. The largest absolute Gasteiger partial charge is 0.462 e. The molecule has 0 bridgehead atoms. The summed E-state index contributed by atoms with van der Waals surface area (Å²) in [7, 11) is 1.71. The van der Waals surface area contributed by atoms with Gasteiger partial charge >= 0.3 is 5.97 Å². The zero-order valence-electron chi connectivity index (χ0n) is 17.8. The van der Waals surface area contributed by atoms with E-state index in [1.807, 2.05) is 38.2 Å².